The van der Waals surface area contributed by atoms with Crippen LogP contribution in [0.25, 0.3) is 16.7 Å². The first-order chi connectivity index (χ1) is 12.8. The average molecular weight is 359 g/mol. The van der Waals surface area contributed by atoms with E-state index in [4.69, 9.17) is 9.72 Å². The number of nitrogens with zero attached hydrogens (tertiary/aromatic N) is 2. The smallest absolute Gasteiger partial charge is 0.209 e. The van der Waals surface area contributed by atoms with Gasteiger partial charge in [0.1, 0.15) is 5.75 Å². The molecular weight excluding hydrogens is 342 g/mol. The Morgan fingerprint density at radius 2 is 1.88 bits per heavy atom. The monoisotopic (exact) mass is 359 g/mol. The predicted molar refractivity (Wildman–Crippen MR) is 107 cm³/mol. The van der Waals surface area contributed by atoms with Crippen LogP contribution < -0.4 is 10.1 Å². The molecule has 0 spiro atoms. The van der Waals surface area contributed by atoms with E-state index < -0.39 is 0 Å². The van der Waals surface area contributed by atoms with Gasteiger partial charge in [0.25, 0.3) is 0 Å². The van der Waals surface area contributed by atoms with E-state index >= 15 is 0 Å². The van der Waals surface area contributed by atoms with Gasteiger partial charge in [-0.2, -0.15) is 0 Å². The van der Waals surface area contributed by atoms with Gasteiger partial charge in [0.05, 0.1) is 24.2 Å². The van der Waals surface area contributed by atoms with E-state index in [1.165, 1.54) is 4.88 Å². The fourth-order valence-corrected chi connectivity index (χ4v) is 4.20. The first-order valence-corrected chi connectivity index (χ1v) is 9.35. The Bertz CT molecular complexity index is 1090. The molecule has 0 fully saturated rings. The summed E-state index contributed by atoms with van der Waals surface area (Å²) in [5.74, 6) is 1.73. The molecule has 2 aromatic carbocycles. The van der Waals surface area contributed by atoms with Crippen LogP contribution in [0.2, 0.25) is 0 Å². The van der Waals surface area contributed by atoms with Crippen molar-refractivity contribution in [2.45, 2.75) is 6.04 Å². The average Bonchev–Trinajstić information content (AvgIpc) is 3.35. The zero-order valence-electron chi connectivity index (χ0n) is 14.2. The number of aromatic nitrogens is 2. The van der Waals surface area contributed by atoms with Crippen molar-refractivity contribution < 1.29 is 4.74 Å². The van der Waals surface area contributed by atoms with Crippen molar-refractivity contribution >= 4 is 34.0 Å². The highest BCUT2D eigenvalue weighted by Gasteiger charge is 2.25. The molecule has 2 aromatic heterocycles. The number of imidazole rings is 1. The molecule has 0 radical (unpaired) electrons. The second-order valence-electron chi connectivity index (χ2n) is 6.19. The van der Waals surface area contributed by atoms with Gasteiger partial charge in [-0.15, -0.1) is 11.3 Å². The maximum atomic E-state index is 5.28. The van der Waals surface area contributed by atoms with Crippen LogP contribution in [0.5, 0.6) is 5.75 Å². The molecule has 0 unspecified atom stereocenters. The molecule has 1 atom stereocenters. The summed E-state index contributed by atoms with van der Waals surface area (Å²) in [5.41, 5.74) is 4.32. The summed E-state index contributed by atoms with van der Waals surface area (Å²) >= 11 is 1.77. The number of allylic oxidation sites excluding steroid dienone is 1. The SMILES string of the molecule is COc1ccc(C2=C[C@@H](c3cccs3)n3c(nc4ccccc43)N2)cc1. The molecule has 5 heteroatoms. The third kappa shape index (κ3) is 2.40. The van der Waals surface area contributed by atoms with E-state index in [9.17, 15) is 0 Å². The first kappa shape index (κ1) is 15.2. The van der Waals surface area contributed by atoms with Crippen LogP contribution in [0.3, 0.4) is 0 Å². The van der Waals surface area contributed by atoms with Gasteiger partial charge in [-0.05, 0) is 59.5 Å². The zero-order valence-corrected chi connectivity index (χ0v) is 15.0. The molecule has 1 aliphatic heterocycles. The van der Waals surface area contributed by atoms with Crippen molar-refractivity contribution in [2.75, 3.05) is 12.4 Å². The summed E-state index contributed by atoms with van der Waals surface area (Å²) in [6.45, 7) is 0. The van der Waals surface area contributed by atoms with Gasteiger partial charge in [0.15, 0.2) is 0 Å². The number of anilines is 1. The van der Waals surface area contributed by atoms with Gasteiger partial charge in [-0.1, -0.05) is 18.2 Å². The summed E-state index contributed by atoms with van der Waals surface area (Å²) in [7, 11) is 1.68. The molecule has 3 heterocycles. The molecule has 1 aliphatic rings. The van der Waals surface area contributed by atoms with E-state index in [-0.39, 0.29) is 6.04 Å². The fourth-order valence-electron chi connectivity index (χ4n) is 3.42. The number of para-hydroxylation sites is 2. The number of rotatable bonds is 3. The largest absolute Gasteiger partial charge is 0.497 e. The van der Waals surface area contributed by atoms with E-state index in [0.29, 0.717) is 0 Å². The predicted octanol–water partition coefficient (Wildman–Crippen LogP) is 5.16. The Morgan fingerprint density at radius 3 is 2.65 bits per heavy atom. The van der Waals surface area contributed by atoms with Crippen molar-refractivity contribution in [1.82, 2.24) is 9.55 Å². The topological polar surface area (TPSA) is 39.1 Å². The van der Waals surface area contributed by atoms with Crippen LogP contribution in [-0.4, -0.2) is 16.7 Å². The Labute approximate surface area is 155 Å². The molecule has 26 heavy (non-hydrogen) atoms. The number of thiophene rings is 1. The van der Waals surface area contributed by atoms with Crippen LogP contribution in [0.1, 0.15) is 16.5 Å². The van der Waals surface area contributed by atoms with Crippen molar-refractivity contribution in [3.05, 3.63) is 82.6 Å². The lowest BCUT2D eigenvalue weighted by Crippen LogP contribution is -2.18. The lowest BCUT2D eigenvalue weighted by atomic mass is 10.1. The third-order valence-corrected chi connectivity index (χ3v) is 5.62. The molecular formula is C21H17N3OS. The number of nitrogens with one attached hydrogen (secondary N) is 1. The van der Waals surface area contributed by atoms with Gasteiger partial charge >= 0.3 is 0 Å². The second kappa shape index (κ2) is 6.04. The second-order valence-corrected chi connectivity index (χ2v) is 7.17. The Balaban J connectivity index is 1.67. The van der Waals surface area contributed by atoms with Gasteiger partial charge in [0.2, 0.25) is 5.95 Å². The standard InChI is InChI=1S/C21H17N3OS/c1-25-15-10-8-14(9-11-15)17-13-19(20-7-4-12-26-20)24-18-6-3-2-5-16(18)22-21(24)23-17/h2-13,19H,1H3,(H,22,23)/t19-/m0/s1. The molecule has 5 rings (SSSR count). The number of hydrogen-bond donors (Lipinski definition) is 1. The van der Waals surface area contributed by atoms with Crippen LogP contribution in [-0.2, 0) is 0 Å². The van der Waals surface area contributed by atoms with Gasteiger partial charge in [-0.25, -0.2) is 4.98 Å². The summed E-state index contributed by atoms with van der Waals surface area (Å²) in [5, 5.41) is 5.63. The molecule has 4 aromatic rings. The summed E-state index contributed by atoms with van der Waals surface area (Å²) in [6.07, 6.45) is 2.27. The number of fused-ring (bicyclic) bond motifs is 3. The Hall–Kier alpha value is -3.05. The minimum atomic E-state index is 0.121. The summed E-state index contributed by atoms with van der Waals surface area (Å²) < 4.78 is 7.55. The minimum absolute atomic E-state index is 0.121. The van der Waals surface area contributed by atoms with Crippen LogP contribution >= 0.6 is 11.3 Å². The summed E-state index contributed by atoms with van der Waals surface area (Å²) in [6, 6.07) is 20.8. The van der Waals surface area contributed by atoms with Crippen molar-refractivity contribution in [2.24, 2.45) is 0 Å². The third-order valence-electron chi connectivity index (χ3n) is 4.68. The highest BCUT2D eigenvalue weighted by Crippen LogP contribution is 2.38. The molecule has 1 N–H and O–H groups in total. The lowest BCUT2D eigenvalue weighted by molar-refractivity contribution is 0.415. The van der Waals surface area contributed by atoms with Crippen LogP contribution in [0, 0.1) is 0 Å². The highest BCUT2D eigenvalue weighted by molar-refractivity contribution is 7.10. The highest BCUT2D eigenvalue weighted by atomic mass is 32.1. The minimum Gasteiger partial charge on any atom is -0.497 e. The van der Waals surface area contributed by atoms with E-state index in [1.807, 2.05) is 18.2 Å². The van der Waals surface area contributed by atoms with Crippen molar-refractivity contribution in [1.29, 1.82) is 0 Å². The van der Waals surface area contributed by atoms with E-state index in [0.717, 1.165) is 34.0 Å². The zero-order chi connectivity index (χ0) is 17.5. The number of benzene rings is 2. The van der Waals surface area contributed by atoms with Crippen LogP contribution in [0.4, 0.5) is 5.95 Å². The maximum absolute atomic E-state index is 5.28. The first-order valence-electron chi connectivity index (χ1n) is 8.47. The normalized spacial score (nSPS) is 16.0. The molecule has 0 saturated heterocycles. The van der Waals surface area contributed by atoms with Crippen molar-refractivity contribution in [3.63, 3.8) is 0 Å². The molecule has 0 saturated carbocycles. The molecule has 0 bridgehead atoms. The van der Waals surface area contributed by atoms with Gasteiger partial charge < -0.3 is 10.1 Å². The number of ether oxygens (including phenoxy) is 1. The molecule has 128 valence electrons. The molecule has 0 aliphatic carbocycles. The molecule has 4 nitrogen and oxygen atoms in total. The summed E-state index contributed by atoms with van der Waals surface area (Å²) in [4.78, 5) is 6.11. The van der Waals surface area contributed by atoms with Gasteiger partial charge in [-0.3, -0.25) is 4.57 Å². The lowest BCUT2D eigenvalue weighted by Gasteiger charge is -2.25. The van der Waals surface area contributed by atoms with E-state index in [2.05, 4.69) is 63.8 Å². The van der Waals surface area contributed by atoms with Crippen molar-refractivity contribution in [3.8, 4) is 5.75 Å². The Kier molecular flexibility index (Phi) is 3.53. The quantitative estimate of drug-likeness (QED) is 0.549. The maximum Gasteiger partial charge on any atom is 0.209 e. The fraction of sp³-hybridized carbons (Fsp3) is 0.0952. The van der Waals surface area contributed by atoms with Gasteiger partial charge in [0, 0.05) is 10.6 Å². The van der Waals surface area contributed by atoms with E-state index in [1.54, 1.807) is 18.4 Å². The Morgan fingerprint density at radius 1 is 1.04 bits per heavy atom. The molecule has 0 amide bonds. The van der Waals surface area contributed by atoms with Crippen LogP contribution in [0.15, 0.2) is 72.1 Å². The number of hydrogen-bond acceptors (Lipinski definition) is 4. The number of methoxy groups -OCH3 is 1.